The third-order valence-corrected chi connectivity index (χ3v) is 5.35. The first-order valence-electron chi connectivity index (χ1n) is 9.85. The van der Waals surface area contributed by atoms with Crippen LogP contribution in [-0.2, 0) is 4.79 Å². The van der Waals surface area contributed by atoms with E-state index in [0.717, 1.165) is 48.9 Å². The van der Waals surface area contributed by atoms with E-state index in [-0.39, 0.29) is 17.8 Å². The summed E-state index contributed by atoms with van der Waals surface area (Å²) in [7, 11) is 3.23. The maximum atomic E-state index is 13.1. The molecular weight excluding hydrogens is 373 g/mol. The summed E-state index contributed by atoms with van der Waals surface area (Å²) in [6.45, 7) is 5.77. The van der Waals surface area contributed by atoms with Gasteiger partial charge in [-0.1, -0.05) is 0 Å². The van der Waals surface area contributed by atoms with Crippen molar-refractivity contribution in [2.45, 2.75) is 13.0 Å². The van der Waals surface area contributed by atoms with Crippen molar-refractivity contribution in [1.82, 2.24) is 5.32 Å². The van der Waals surface area contributed by atoms with Gasteiger partial charge in [-0.05, 0) is 49.4 Å². The van der Waals surface area contributed by atoms with Crippen molar-refractivity contribution in [2.24, 2.45) is 0 Å². The van der Waals surface area contributed by atoms with Crippen molar-refractivity contribution in [3.8, 4) is 11.5 Å². The highest BCUT2D eigenvalue weighted by Gasteiger charge is 2.24. The number of carbonyl (C=O) groups is 1. The van der Waals surface area contributed by atoms with Gasteiger partial charge in [-0.2, -0.15) is 0 Å². The Balaban J connectivity index is 1.52. The van der Waals surface area contributed by atoms with Crippen LogP contribution in [0.5, 0.6) is 11.5 Å². The van der Waals surface area contributed by atoms with Crippen molar-refractivity contribution in [2.75, 3.05) is 51.8 Å². The number of ether oxygens (including phenoxy) is 2. The number of carbonyl (C=O) groups excluding carboxylic acids is 1. The molecule has 6 nitrogen and oxygen atoms in total. The summed E-state index contributed by atoms with van der Waals surface area (Å²) >= 11 is 0. The van der Waals surface area contributed by atoms with Gasteiger partial charge in [-0.25, -0.2) is 4.39 Å². The number of benzene rings is 2. The topological polar surface area (TPSA) is 55.2 Å². The molecule has 2 N–H and O–H groups in total. The number of methoxy groups -OCH3 is 2. The summed E-state index contributed by atoms with van der Waals surface area (Å²) in [5.41, 5.74) is 1.91. The van der Waals surface area contributed by atoms with E-state index in [0.29, 0.717) is 6.54 Å². The third kappa shape index (κ3) is 5.38. The predicted molar refractivity (Wildman–Crippen MR) is 110 cm³/mol. The molecule has 3 rings (SSSR count). The maximum Gasteiger partial charge on any atom is 0.275 e. The monoisotopic (exact) mass is 402 g/mol. The van der Waals surface area contributed by atoms with Crippen molar-refractivity contribution >= 4 is 11.6 Å². The molecule has 1 saturated heterocycles. The molecule has 29 heavy (non-hydrogen) atoms. The molecule has 0 saturated carbocycles. The summed E-state index contributed by atoms with van der Waals surface area (Å²) < 4.78 is 23.8. The maximum absolute atomic E-state index is 13.1. The molecule has 1 aliphatic heterocycles. The zero-order valence-corrected chi connectivity index (χ0v) is 17.2. The van der Waals surface area contributed by atoms with Gasteiger partial charge in [-0.15, -0.1) is 0 Å². The smallest absolute Gasteiger partial charge is 0.275 e. The van der Waals surface area contributed by atoms with Crippen LogP contribution in [0.25, 0.3) is 0 Å². The number of hydrogen-bond donors (Lipinski definition) is 2. The van der Waals surface area contributed by atoms with Crippen LogP contribution < -0.4 is 24.6 Å². The van der Waals surface area contributed by atoms with Gasteiger partial charge in [0.1, 0.15) is 17.3 Å². The fourth-order valence-electron chi connectivity index (χ4n) is 3.68. The minimum Gasteiger partial charge on any atom is -0.497 e. The SMILES string of the molecule is COc1ccc(OC)c([C@@H](C)NC(=O)C[NH+]2CCN(c3ccc(F)cc3)CC2)c1. The normalized spacial score (nSPS) is 15.7. The van der Waals surface area contributed by atoms with Crippen LogP contribution in [0, 0.1) is 5.82 Å². The van der Waals surface area contributed by atoms with E-state index < -0.39 is 0 Å². The van der Waals surface area contributed by atoms with E-state index in [1.807, 2.05) is 25.1 Å². The molecule has 0 aliphatic carbocycles. The molecular formula is C22H29FN3O3+. The van der Waals surface area contributed by atoms with Gasteiger partial charge in [0.25, 0.3) is 5.91 Å². The lowest BCUT2D eigenvalue weighted by molar-refractivity contribution is -0.892. The molecule has 2 aromatic carbocycles. The lowest BCUT2D eigenvalue weighted by atomic mass is 10.1. The Kier molecular flexibility index (Phi) is 6.93. The average molecular weight is 402 g/mol. The molecule has 1 atom stereocenters. The Morgan fingerprint density at radius 3 is 2.45 bits per heavy atom. The van der Waals surface area contributed by atoms with Crippen LogP contribution in [0.1, 0.15) is 18.5 Å². The molecule has 7 heteroatoms. The van der Waals surface area contributed by atoms with E-state index in [1.165, 1.54) is 17.0 Å². The Morgan fingerprint density at radius 1 is 1.14 bits per heavy atom. The number of halogens is 1. The van der Waals surface area contributed by atoms with Gasteiger partial charge < -0.3 is 24.6 Å². The van der Waals surface area contributed by atoms with Gasteiger partial charge in [0.2, 0.25) is 0 Å². The average Bonchev–Trinajstić information content (AvgIpc) is 2.74. The molecule has 1 fully saturated rings. The van der Waals surface area contributed by atoms with E-state index >= 15 is 0 Å². The van der Waals surface area contributed by atoms with E-state index in [9.17, 15) is 9.18 Å². The lowest BCUT2D eigenvalue weighted by Gasteiger charge is -2.33. The number of amides is 1. The predicted octanol–water partition coefficient (Wildman–Crippen LogP) is 1.43. The summed E-state index contributed by atoms with van der Waals surface area (Å²) in [5, 5.41) is 3.07. The zero-order chi connectivity index (χ0) is 20.8. The zero-order valence-electron chi connectivity index (χ0n) is 17.2. The Labute approximate surface area is 171 Å². The number of hydrogen-bond acceptors (Lipinski definition) is 4. The molecule has 0 spiro atoms. The second-order valence-corrected chi connectivity index (χ2v) is 7.29. The summed E-state index contributed by atoms with van der Waals surface area (Å²) in [6.07, 6.45) is 0. The fraction of sp³-hybridized carbons (Fsp3) is 0.409. The molecule has 156 valence electrons. The molecule has 1 aliphatic rings. The number of piperazine rings is 1. The molecule has 1 amide bonds. The largest absolute Gasteiger partial charge is 0.497 e. The van der Waals surface area contributed by atoms with E-state index in [4.69, 9.17) is 9.47 Å². The summed E-state index contributed by atoms with van der Waals surface area (Å²) in [6, 6.07) is 11.9. The van der Waals surface area contributed by atoms with E-state index in [2.05, 4.69) is 10.2 Å². The number of nitrogens with one attached hydrogen (secondary N) is 2. The number of quaternary nitrogens is 1. The third-order valence-electron chi connectivity index (χ3n) is 5.35. The Hall–Kier alpha value is -2.80. The van der Waals surface area contributed by atoms with Crippen LogP contribution in [0.2, 0.25) is 0 Å². The first kappa shape index (κ1) is 20.9. The standard InChI is InChI=1S/C22H28FN3O3/c1-16(20-14-19(28-2)8-9-21(20)29-3)24-22(27)15-25-10-12-26(13-11-25)18-6-4-17(23)5-7-18/h4-9,14,16H,10-13,15H2,1-3H3,(H,24,27)/p+1/t16-/m1/s1. The first-order valence-corrected chi connectivity index (χ1v) is 9.85. The molecule has 0 radical (unpaired) electrons. The minimum atomic E-state index is -0.225. The van der Waals surface area contributed by atoms with Crippen molar-refractivity contribution in [3.05, 3.63) is 53.8 Å². The van der Waals surface area contributed by atoms with Crippen molar-refractivity contribution < 1.29 is 23.6 Å². The fourth-order valence-corrected chi connectivity index (χ4v) is 3.68. The van der Waals surface area contributed by atoms with Gasteiger partial charge in [0, 0.05) is 11.3 Å². The molecule has 2 aromatic rings. The molecule has 0 bridgehead atoms. The van der Waals surface area contributed by atoms with Gasteiger partial charge in [-0.3, -0.25) is 4.79 Å². The van der Waals surface area contributed by atoms with Crippen LogP contribution in [0.3, 0.4) is 0 Å². The lowest BCUT2D eigenvalue weighted by Crippen LogP contribution is -3.15. The first-order chi connectivity index (χ1) is 14.0. The molecule has 1 heterocycles. The quantitative estimate of drug-likeness (QED) is 0.736. The summed E-state index contributed by atoms with van der Waals surface area (Å²) in [5.74, 6) is 1.23. The molecule has 0 aromatic heterocycles. The van der Waals surface area contributed by atoms with Crippen molar-refractivity contribution in [1.29, 1.82) is 0 Å². The van der Waals surface area contributed by atoms with Gasteiger partial charge in [0.15, 0.2) is 6.54 Å². The Bertz CT molecular complexity index is 821. The van der Waals surface area contributed by atoms with Crippen LogP contribution in [-0.4, -0.2) is 52.9 Å². The summed E-state index contributed by atoms with van der Waals surface area (Å²) in [4.78, 5) is 16.0. The van der Waals surface area contributed by atoms with E-state index in [1.54, 1.807) is 26.4 Å². The van der Waals surface area contributed by atoms with Gasteiger partial charge >= 0.3 is 0 Å². The minimum absolute atomic E-state index is 0.00704. The van der Waals surface area contributed by atoms with Crippen LogP contribution in [0.4, 0.5) is 10.1 Å². The van der Waals surface area contributed by atoms with Crippen LogP contribution >= 0.6 is 0 Å². The molecule has 0 unspecified atom stereocenters. The number of nitrogens with zero attached hydrogens (tertiary/aromatic N) is 1. The highest BCUT2D eigenvalue weighted by atomic mass is 19.1. The second kappa shape index (κ2) is 9.60. The highest BCUT2D eigenvalue weighted by Crippen LogP contribution is 2.29. The second-order valence-electron chi connectivity index (χ2n) is 7.29. The van der Waals surface area contributed by atoms with Gasteiger partial charge in [0.05, 0.1) is 46.4 Å². The van der Waals surface area contributed by atoms with Crippen LogP contribution in [0.15, 0.2) is 42.5 Å². The Morgan fingerprint density at radius 2 is 1.83 bits per heavy atom. The highest BCUT2D eigenvalue weighted by molar-refractivity contribution is 5.77. The van der Waals surface area contributed by atoms with Crippen molar-refractivity contribution in [3.63, 3.8) is 0 Å². The number of rotatable bonds is 7. The number of anilines is 1.